The van der Waals surface area contributed by atoms with Crippen molar-refractivity contribution in [1.82, 2.24) is 0 Å². The van der Waals surface area contributed by atoms with Gasteiger partial charge in [-0.25, -0.2) is 0 Å². The summed E-state index contributed by atoms with van der Waals surface area (Å²) in [6.07, 6.45) is 3.21. The summed E-state index contributed by atoms with van der Waals surface area (Å²) in [5, 5.41) is 9.16. The smallest absolute Gasteiger partial charge is 0.303 e. The zero-order valence-corrected chi connectivity index (χ0v) is 13.5. The van der Waals surface area contributed by atoms with E-state index in [1.807, 2.05) is 11.8 Å². The highest BCUT2D eigenvalue weighted by atomic mass is 79.9. The van der Waals surface area contributed by atoms with Gasteiger partial charge in [-0.2, -0.15) is 0 Å². The molecule has 2 unspecified atom stereocenters. The number of para-hydroxylation sites is 1. The average Bonchev–Trinajstić information content (AvgIpc) is 2.65. The van der Waals surface area contributed by atoms with Gasteiger partial charge >= 0.3 is 5.97 Å². The van der Waals surface area contributed by atoms with Gasteiger partial charge in [0.1, 0.15) is 11.1 Å². The molecule has 2 rings (SSSR count). The van der Waals surface area contributed by atoms with Crippen LogP contribution in [0, 0.1) is 0 Å². The molecular formula is C14H20BrNO2S. The zero-order valence-electron chi connectivity index (χ0n) is 11.1. The summed E-state index contributed by atoms with van der Waals surface area (Å²) in [5.41, 5.74) is 1.41. The molecular weight excluding hydrogens is 326 g/mol. The first-order valence-corrected chi connectivity index (χ1v) is 7.40. The molecule has 0 spiro atoms. The second-order valence-corrected chi connectivity index (χ2v) is 6.12. The van der Waals surface area contributed by atoms with Crippen LogP contribution in [0.5, 0.6) is 0 Å². The van der Waals surface area contributed by atoms with Crippen molar-refractivity contribution >= 4 is 23.4 Å². The molecule has 1 heterocycles. The van der Waals surface area contributed by atoms with Gasteiger partial charge in [0.15, 0.2) is 0 Å². The summed E-state index contributed by atoms with van der Waals surface area (Å²) in [7, 11) is 0. The molecule has 0 aromatic heterocycles. The van der Waals surface area contributed by atoms with Gasteiger partial charge in [0.05, 0.1) is 11.4 Å². The van der Waals surface area contributed by atoms with Gasteiger partial charge in [-0.1, -0.05) is 23.9 Å². The number of carboxylic acids is 1. The van der Waals surface area contributed by atoms with Gasteiger partial charge < -0.3 is 22.1 Å². The summed E-state index contributed by atoms with van der Waals surface area (Å²) in [4.78, 5) is 13.4. The Morgan fingerprint density at radius 2 is 2.05 bits per heavy atom. The lowest BCUT2D eigenvalue weighted by molar-refractivity contribution is -0.840. The predicted molar refractivity (Wildman–Crippen MR) is 73.4 cm³/mol. The highest BCUT2D eigenvalue weighted by molar-refractivity contribution is 8.00. The number of halogens is 1. The first kappa shape index (κ1) is 16.5. The van der Waals surface area contributed by atoms with E-state index in [9.17, 15) is 4.79 Å². The Morgan fingerprint density at radius 3 is 2.79 bits per heavy atom. The van der Waals surface area contributed by atoms with E-state index in [0.29, 0.717) is 11.8 Å². The number of rotatable bonds is 6. The molecule has 0 bridgehead atoms. The minimum Gasteiger partial charge on any atom is -1.00 e. The van der Waals surface area contributed by atoms with Crippen LogP contribution >= 0.6 is 11.8 Å². The zero-order chi connectivity index (χ0) is 13.0. The van der Waals surface area contributed by atoms with E-state index in [1.54, 1.807) is 0 Å². The molecule has 106 valence electrons. The molecule has 0 fully saturated rings. The molecule has 0 aliphatic carbocycles. The number of thioether (sulfide) groups is 1. The number of quaternary nitrogens is 1. The number of aliphatic carboxylic acids is 1. The molecule has 19 heavy (non-hydrogen) atoms. The van der Waals surface area contributed by atoms with Crippen molar-refractivity contribution in [2.45, 2.75) is 42.9 Å². The maximum absolute atomic E-state index is 10.4. The largest absolute Gasteiger partial charge is 1.00 e. The first-order valence-electron chi connectivity index (χ1n) is 6.52. The van der Waals surface area contributed by atoms with Crippen LogP contribution < -0.4 is 21.9 Å². The number of carboxylic acid groups (broad SMARTS) is 1. The second-order valence-electron chi connectivity index (χ2n) is 4.74. The van der Waals surface area contributed by atoms with Gasteiger partial charge in [0.2, 0.25) is 0 Å². The molecule has 0 amide bonds. The average molecular weight is 346 g/mol. The monoisotopic (exact) mass is 345 g/mol. The Bertz CT molecular complexity index is 428. The molecule has 3 nitrogen and oxygen atoms in total. The number of benzene rings is 1. The summed E-state index contributed by atoms with van der Waals surface area (Å²) in [5.74, 6) is -0.683. The van der Waals surface area contributed by atoms with E-state index in [4.69, 9.17) is 5.11 Å². The molecule has 0 saturated heterocycles. The van der Waals surface area contributed by atoms with Crippen molar-refractivity contribution in [3.8, 4) is 0 Å². The Labute approximate surface area is 129 Å². The molecule has 0 saturated carbocycles. The lowest BCUT2D eigenvalue weighted by Crippen LogP contribution is -3.08. The molecule has 2 N–H and O–H groups in total. The van der Waals surface area contributed by atoms with E-state index in [2.05, 4.69) is 31.2 Å². The van der Waals surface area contributed by atoms with Crippen LogP contribution in [0.4, 0.5) is 5.69 Å². The molecule has 1 aliphatic heterocycles. The fourth-order valence-electron chi connectivity index (χ4n) is 2.42. The third-order valence-corrected chi connectivity index (χ3v) is 4.61. The normalized spacial score (nSPS) is 20.7. The Balaban J connectivity index is 0.00000180. The maximum atomic E-state index is 10.4. The van der Waals surface area contributed by atoms with Crippen molar-refractivity contribution < 1.29 is 31.8 Å². The van der Waals surface area contributed by atoms with Crippen molar-refractivity contribution in [3.05, 3.63) is 24.3 Å². The summed E-state index contributed by atoms with van der Waals surface area (Å²) in [6, 6.07) is 8.59. The van der Waals surface area contributed by atoms with E-state index in [-0.39, 0.29) is 17.0 Å². The van der Waals surface area contributed by atoms with Gasteiger partial charge in [0.25, 0.3) is 0 Å². The minimum atomic E-state index is -0.683. The standard InChI is InChI=1S/C14H19NO2S.BrH/c1-11-15(10-6-2-3-9-14(16)17)12-7-4-5-8-13(12)18-11;/h4-5,7-8,11H,2-3,6,9-10H2,1H3,(H,16,17);1H. The number of hydrogen-bond acceptors (Lipinski definition) is 2. The minimum absolute atomic E-state index is 0. The van der Waals surface area contributed by atoms with Crippen LogP contribution in [0.3, 0.4) is 0 Å². The number of carbonyl (C=O) groups is 1. The van der Waals surface area contributed by atoms with E-state index < -0.39 is 5.97 Å². The number of unbranched alkanes of at least 4 members (excludes halogenated alkanes) is 2. The van der Waals surface area contributed by atoms with E-state index in [1.165, 1.54) is 15.5 Å². The van der Waals surface area contributed by atoms with Gasteiger partial charge in [0, 0.05) is 12.5 Å². The number of fused-ring (bicyclic) bond motifs is 1. The first-order chi connectivity index (χ1) is 8.68. The Hall–Kier alpha value is -0.520. The maximum Gasteiger partial charge on any atom is 0.303 e. The number of hydrogen-bond donors (Lipinski definition) is 2. The third kappa shape index (κ3) is 4.51. The van der Waals surface area contributed by atoms with Crippen LogP contribution in [0.15, 0.2) is 29.2 Å². The van der Waals surface area contributed by atoms with Crippen LogP contribution in [0.25, 0.3) is 0 Å². The SMILES string of the molecule is CC1Sc2ccccc2[NH+]1CCCCCC(=O)O.[Br-]. The van der Waals surface area contributed by atoms with Gasteiger partial charge in [-0.3, -0.25) is 9.69 Å². The fourth-order valence-corrected chi connectivity index (χ4v) is 3.67. The van der Waals surface area contributed by atoms with Gasteiger partial charge in [-0.05, 0) is 32.3 Å². The Kier molecular flexibility index (Phi) is 6.89. The predicted octanol–water partition coefficient (Wildman–Crippen LogP) is -0.696. The van der Waals surface area contributed by atoms with Crippen molar-refractivity contribution in [1.29, 1.82) is 0 Å². The molecule has 1 aliphatic rings. The van der Waals surface area contributed by atoms with Crippen LogP contribution in [0.1, 0.15) is 32.6 Å². The molecule has 2 atom stereocenters. The highest BCUT2D eigenvalue weighted by Gasteiger charge is 2.31. The summed E-state index contributed by atoms with van der Waals surface area (Å²) < 4.78 is 0. The molecule has 1 aromatic carbocycles. The van der Waals surface area contributed by atoms with Crippen molar-refractivity contribution in [2.75, 3.05) is 6.54 Å². The van der Waals surface area contributed by atoms with E-state index >= 15 is 0 Å². The second kappa shape index (κ2) is 7.92. The third-order valence-electron chi connectivity index (χ3n) is 3.36. The van der Waals surface area contributed by atoms with Gasteiger partial charge in [-0.15, -0.1) is 0 Å². The lowest BCUT2D eigenvalue weighted by Gasteiger charge is -2.17. The van der Waals surface area contributed by atoms with Crippen LogP contribution in [0.2, 0.25) is 0 Å². The van der Waals surface area contributed by atoms with Crippen molar-refractivity contribution in [2.24, 2.45) is 0 Å². The number of nitrogens with one attached hydrogen (secondary N) is 1. The van der Waals surface area contributed by atoms with Crippen molar-refractivity contribution in [3.63, 3.8) is 0 Å². The summed E-state index contributed by atoms with van der Waals surface area (Å²) >= 11 is 1.94. The molecule has 5 heteroatoms. The topological polar surface area (TPSA) is 41.7 Å². The molecule has 0 radical (unpaired) electrons. The Morgan fingerprint density at radius 1 is 1.32 bits per heavy atom. The lowest BCUT2D eigenvalue weighted by atomic mass is 10.2. The highest BCUT2D eigenvalue weighted by Crippen LogP contribution is 2.32. The summed E-state index contributed by atoms with van der Waals surface area (Å²) in [6.45, 7) is 3.36. The van der Waals surface area contributed by atoms with Crippen LogP contribution in [-0.2, 0) is 4.79 Å². The van der Waals surface area contributed by atoms with Crippen LogP contribution in [-0.4, -0.2) is 23.0 Å². The molecule has 1 aromatic rings. The quantitative estimate of drug-likeness (QED) is 0.670. The van der Waals surface area contributed by atoms with E-state index in [0.717, 1.165) is 25.8 Å². The fraction of sp³-hybridized carbons (Fsp3) is 0.500.